The van der Waals surface area contributed by atoms with Gasteiger partial charge in [-0.05, 0) is 54.8 Å². The fourth-order valence-electron chi connectivity index (χ4n) is 3.14. The molecule has 3 aromatic rings. The molecule has 1 unspecified atom stereocenters. The SMILES string of the molecule is COc1cccc(C(NC(=O)COc2cc(C)cc(C)c2)c2nccn2C)c1. The lowest BCUT2D eigenvalue weighted by Crippen LogP contribution is -2.34. The lowest BCUT2D eigenvalue weighted by Gasteiger charge is -2.20. The average Bonchev–Trinajstić information content (AvgIpc) is 3.09. The number of benzene rings is 2. The van der Waals surface area contributed by atoms with Gasteiger partial charge in [0.1, 0.15) is 23.4 Å². The molecule has 28 heavy (non-hydrogen) atoms. The van der Waals surface area contributed by atoms with Crippen LogP contribution in [0.25, 0.3) is 0 Å². The fraction of sp³-hybridized carbons (Fsp3) is 0.273. The second-order valence-corrected chi connectivity index (χ2v) is 6.79. The molecular formula is C22H25N3O3. The van der Waals surface area contributed by atoms with Crippen LogP contribution in [0, 0.1) is 13.8 Å². The maximum atomic E-state index is 12.6. The smallest absolute Gasteiger partial charge is 0.258 e. The van der Waals surface area contributed by atoms with Gasteiger partial charge in [-0.1, -0.05) is 18.2 Å². The summed E-state index contributed by atoms with van der Waals surface area (Å²) in [5.74, 6) is 1.91. The number of aryl methyl sites for hydroxylation is 3. The molecule has 1 amide bonds. The van der Waals surface area contributed by atoms with Crippen molar-refractivity contribution in [3.63, 3.8) is 0 Å². The lowest BCUT2D eigenvalue weighted by molar-refractivity contribution is -0.123. The van der Waals surface area contributed by atoms with Crippen molar-refractivity contribution in [3.8, 4) is 11.5 Å². The molecule has 2 aromatic carbocycles. The first kappa shape index (κ1) is 19.5. The van der Waals surface area contributed by atoms with Crippen LogP contribution in [0.4, 0.5) is 0 Å². The van der Waals surface area contributed by atoms with E-state index in [0.717, 1.165) is 28.3 Å². The third-order valence-electron chi connectivity index (χ3n) is 4.41. The molecule has 0 aliphatic carbocycles. The van der Waals surface area contributed by atoms with E-state index >= 15 is 0 Å². The Morgan fingerprint density at radius 3 is 2.54 bits per heavy atom. The number of nitrogens with zero attached hydrogens (tertiary/aromatic N) is 2. The van der Waals surface area contributed by atoms with E-state index in [9.17, 15) is 4.79 Å². The van der Waals surface area contributed by atoms with Crippen molar-refractivity contribution in [2.45, 2.75) is 19.9 Å². The van der Waals surface area contributed by atoms with Gasteiger partial charge in [0.05, 0.1) is 7.11 Å². The Hall–Kier alpha value is -3.28. The van der Waals surface area contributed by atoms with Crippen LogP contribution < -0.4 is 14.8 Å². The van der Waals surface area contributed by atoms with Crippen LogP contribution in [0.5, 0.6) is 11.5 Å². The van der Waals surface area contributed by atoms with Crippen molar-refractivity contribution < 1.29 is 14.3 Å². The van der Waals surface area contributed by atoms with E-state index in [1.165, 1.54) is 0 Å². The summed E-state index contributed by atoms with van der Waals surface area (Å²) in [6.45, 7) is 3.92. The molecule has 1 atom stereocenters. The minimum absolute atomic E-state index is 0.0756. The number of carbonyl (C=O) groups is 1. The second kappa shape index (κ2) is 8.61. The van der Waals surface area contributed by atoms with E-state index in [0.29, 0.717) is 5.75 Å². The van der Waals surface area contributed by atoms with E-state index in [1.807, 2.05) is 68.1 Å². The molecule has 0 aliphatic heterocycles. The van der Waals surface area contributed by atoms with E-state index in [-0.39, 0.29) is 12.5 Å². The molecule has 146 valence electrons. The predicted molar refractivity (Wildman–Crippen MR) is 108 cm³/mol. The number of aromatic nitrogens is 2. The summed E-state index contributed by atoms with van der Waals surface area (Å²) in [5, 5.41) is 3.02. The minimum Gasteiger partial charge on any atom is -0.497 e. The maximum absolute atomic E-state index is 12.6. The van der Waals surface area contributed by atoms with Gasteiger partial charge >= 0.3 is 0 Å². The minimum atomic E-state index is -0.412. The molecule has 0 bridgehead atoms. The number of nitrogens with one attached hydrogen (secondary N) is 1. The Bertz CT molecular complexity index is 945. The van der Waals surface area contributed by atoms with Gasteiger partial charge < -0.3 is 19.4 Å². The van der Waals surface area contributed by atoms with Gasteiger partial charge in [-0.15, -0.1) is 0 Å². The number of hydrogen-bond donors (Lipinski definition) is 1. The zero-order valence-corrected chi connectivity index (χ0v) is 16.6. The van der Waals surface area contributed by atoms with Crippen molar-refractivity contribution in [1.82, 2.24) is 14.9 Å². The summed E-state index contributed by atoms with van der Waals surface area (Å²) in [6.07, 6.45) is 3.56. The van der Waals surface area contributed by atoms with Crippen molar-refractivity contribution in [3.05, 3.63) is 77.4 Å². The van der Waals surface area contributed by atoms with Gasteiger partial charge in [-0.25, -0.2) is 4.98 Å². The van der Waals surface area contributed by atoms with E-state index in [1.54, 1.807) is 13.3 Å². The number of rotatable bonds is 7. The summed E-state index contributed by atoms with van der Waals surface area (Å²) in [6, 6.07) is 13.1. The maximum Gasteiger partial charge on any atom is 0.258 e. The third-order valence-corrected chi connectivity index (χ3v) is 4.41. The third kappa shape index (κ3) is 4.71. The molecule has 1 N–H and O–H groups in total. The van der Waals surface area contributed by atoms with Crippen LogP contribution in [0.15, 0.2) is 54.9 Å². The van der Waals surface area contributed by atoms with Gasteiger partial charge in [0.15, 0.2) is 6.61 Å². The molecule has 0 aliphatic rings. The van der Waals surface area contributed by atoms with Crippen molar-refractivity contribution in [2.75, 3.05) is 13.7 Å². The highest BCUT2D eigenvalue weighted by Gasteiger charge is 2.21. The molecule has 6 heteroatoms. The predicted octanol–water partition coefficient (Wildman–Crippen LogP) is 3.33. The highest BCUT2D eigenvalue weighted by Crippen LogP contribution is 2.24. The molecule has 6 nitrogen and oxygen atoms in total. The number of carbonyl (C=O) groups excluding carboxylic acids is 1. The molecule has 1 aromatic heterocycles. The number of amides is 1. The van der Waals surface area contributed by atoms with Crippen LogP contribution in [0.2, 0.25) is 0 Å². The number of ether oxygens (including phenoxy) is 2. The summed E-state index contributed by atoms with van der Waals surface area (Å²) < 4.78 is 12.9. The second-order valence-electron chi connectivity index (χ2n) is 6.79. The van der Waals surface area contributed by atoms with Crippen LogP contribution in [-0.2, 0) is 11.8 Å². The van der Waals surface area contributed by atoms with Crippen LogP contribution in [0.3, 0.4) is 0 Å². The zero-order chi connectivity index (χ0) is 20.1. The fourth-order valence-corrected chi connectivity index (χ4v) is 3.14. The molecular weight excluding hydrogens is 354 g/mol. The number of methoxy groups -OCH3 is 1. The van der Waals surface area contributed by atoms with Gasteiger partial charge in [-0.3, -0.25) is 4.79 Å². The average molecular weight is 379 g/mol. The first-order chi connectivity index (χ1) is 13.5. The summed E-state index contributed by atoms with van der Waals surface area (Å²) in [7, 11) is 3.51. The molecule has 3 rings (SSSR count). The monoisotopic (exact) mass is 379 g/mol. The van der Waals surface area contributed by atoms with Crippen LogP contribution in [-0.4, -0.2) is 29.2 Å². The van der Waals surface area contributed by atoms with Gasteiger partial charge in [0, 0.05) is 19.4 Å². The Morgan fingerprint density at radius 1 is 1.14 bits per heavy atom. The van der Waals surface area contributed by atoms with Gasteiger partial charge in [-0.2, -0.15) is 0 Å². The largest absolute Gasteiger partial charge is 0.497 e. The molecule has 1 heterocycles. The standard InChI is InChI=1S/C22H25N3O3/c1-15-10-16(2)12-19(11-15)28-14-20(26)24-21(22-23-8-9-25(22)3)17-6-5-7-18(13-17)27-4/h5-13,21H,14H2,1-4H3,(H,24,26). The highest BCUT2D eigenvalue weighted by atomic mass is 16.5. The van der Waals surface area contributed by atoms with Gasteiger partial charge in [0.2, 0.25) is 0 Å². The van der Waals surface area contributed by atoms with Crippen molar-refractivity contribution >= 4 is 5.91 Å². The molecule has 0 saturated carbocycles. The Kier molecular flexibility index (Phi) is 5.99. The van der Waals surface area contributed by atoms with Gasteiger partial charge in [0.25, 0.3) is 5.91 Å². The molecule has 0 saturated heterocycles. The molecule has 0 fully saturated rings. The quantitative estimate of drug-likeness (QED) is 0.684. The topological polar surface area (TPSA) is 65.4 Å². The summed E-state index contributed by atoms with van der Waals surface area (Å²) in [4.78, 5) is 17.0. The summed E-state index contributed by atoms with van der Waals surface area (Å²) >= 11 is 0. The van der Waals surface area contributed by atoms with Crippen LogP contribution in [0.1, 0.15) is 28.6 Å². The van der Waals surface area contributed by atoms with Crippen molar-refractivity contribution in [1.29, 1.82) is 0 Å². The lowest BCUT2D eigenvalue weighted by atomic mass is 10.1. The zero-order valence-electron chi connectivity index (χ0n) is 16.6. The Balaban J connectivity index is 1.77. The Morgan fingerprint density at radius 2 is 1.89 bits per heavy atom. The van der Waals surface area contributed by atoms with E-state index in [4.69, 9.17) is 9.47 Å². The van der Waals surface area contributed by atoms with E-state index < -0.39 is 6.04 Å². The van der Waals surface area contributed by atoms with E-state index in [2.05, 4.69) is 16.4 Å². The van der Waals surface area contributed by atoms with Crippen molar-refractivity contribution in [2.24, 2.45) is 7.05 Å². The van der Waals surface area contributed by atoms with Crippen LogP contribution >= 0.6 is 0 Å². The molecule has 0 radical (unpaired) electrons. The normalized spacial score (nSPS) is 11.7. The number of imidazole rings is 1. The number of hydrogen-bond acceptors (Lipinski definition) is 4. The summed E-state index contributed by atoms with van der Waals surface area (Å²) in [5.41, 5.74) is 3.07. The molecule has 0 spiro atoms. The first-order valence-corrected chi connectivity index (χ1v) is 9.08. The first-order valence-electron chi connectivity index (χ1n) is 9.08. The Labute approximate surface area is 165 Å². The highest BCUT2D eigenvalue weighted by molar-refractivity contribution is 5.78.